The average Bonchev–Trinajstić information content (AvgIpc) is 2.96. The predicted molar refractivity (Wildman–Crippen MR) is 109 cm³/mol. The maximum Gasteiger partial charge on any atom is 0.257 e. The summed E-state index contributed by atoms with van der Waals surface area (Å²) in [7, 11) is -3.08. The van der Waals surface area contributed by atoms with Crippen LogP contribution in [0.3, 0.4) is 0 Å². The van der Waals surface area contributed by atoms with Crippen LogP contribution in [0.4, 0.5) is 15.8 Å². The van der Waals surface area contributed by atoms with Gasteiger partial charge in [0, 0.05) is 11.2 Å². The van der Waals surface area contributed by atoms with Crippen LogP contribution in [0.15, 0.2) is 48.5 Å². The van der Waals surface area contributed by atoms with Crippen LogP contribution in [0.2, 0.25) is 0 Å². The molecule has 9 heteroatoms. The molecule has 154 valence electrons. The SMILES string of the molecule is CC1(NCC(=O)Nc2ccccc2C(=O)Nc2ccc(F)cc2)CCS(=O)(=O)C1. The van der Waals surface area contributed by atoms with Crippen LogP contribution in [0.25, 0.3) is 0 Å². The van der Waals surface area contributed by atoms with Gasteiger partial charge in [0.1, 0.15) is 5.82 Å². The smallest absolute Gasteiger partial charge is 0.257 e. The van der Waals surface area contributed by atoms with E-state index in [1.807, 2.05) is 0 Å². The van der Waals surface area contributed by atoms with Crippen LogP contribution in [-0.2, 0) is 14.6 Å². The van der Waals surface area contributed by atoms with E-state index in [1.165, 1.54) is 24.3 Å². The highest BCUT2D eigenvalue weighted by Gasteiger charge is 2.38. The minimum atomic E-state index is -3.08. The first-order valence-corrected chi connectivity index (χ1v) is 10.9. The van der Waals surface area contributed by atoms with Crippen molar-refractivity contribution in [3.8, 4) is 0 Å². The van der Waals surface area contributed by atoms with Gasteiger partial charge in [-0.25, -0.2) is 12.8 Å². The third-order valence-electron chi connectivity index (χ3n) is 4.73. The summed E-state index contributed by atoms with van der Waals surface area (Å²) in [6.07, 6.45) is 0.444. The van der Waals surface area contributed by atoms with Crippen LogP contribution < -0.4 is 16.0 Å². The topological polar surface area (TPSA) is 104 Å². The normalized spacial score (nSPS) is 20.2. The Labute approximate surface area is 168 Å². The van der Waals surface area contributed by atoms with Gasteiger partial charge < -0.3 is 16.0 Å². The van der Waals surface area contributed by atoms with Crippen molar-refractivity contribution in [1.82, 2.24) is 5.32 Å². The largest absolute Gasteiger partial charge is 0.324 e. The molecule has 0 aromatic heterocycles. The summed E-state index contributed by atoms with van der Waals surface area (Å²) in [5, 5.41) is 8.33. The van der Waals surface area contributed by atoms with E-state index in [9.17, 15) is 22.4 Å². The van der Waals surface area contributed by atoms with E-state index in [0.717, 1.165) is 0 Å². The first kappa shape index (κ1) is 20.9. The van der Waals surface area contributed by atoms with Crippen LogP contribution in [-0.4, -0.2) is 43.8 Å². The highest BCUT2D eigenvalue weighted by Crippen LogP contribution is 2.23. The number of anilines is 2. The molecule has 3 N–H and O–H groups in total. The maximum absolute atomic E-state index is 13.0. The van der Waals surface area contributed by atoms with Gasteiger partial charge in [-0.2, -0.15) is 0 Å². The van der Waals surface area contributed by atoms with E-state index in [1.54, 1.807) is 31.2 Å². The van der Waals surface area contributed by atoms with Crippen molar-refractivity contribution in [3.05, 3.63) is 59.9 Å². The molecular formula is C20H22FN3O4S. The maximum atomic E-state index is 13.0. The molecule has 0 bridgehead atoms. The van der Waals surface area contributed by atoms with Crippen molar-refractivity contribution >= 4 is 33.0 Å². The molecule has 7 nitrogen and oxygen atoms in total. The van der Waals surface area contributed by atoms with Crippen molar-refractivity contribution < 1.29 is 22.4 Å². The molecule has 0 radical (unpaired) electrons. The molecule has 0 spiro atoms. The number of hydrogen-bond donors (Lipinski definition) is 3. The second kappa shape index (κ2) is 8.30. The van der Waals surface area contributed by atoms with Gasteiger partial charge in [0.15, 0.2) is 9.84 Å². The van der Waals surface area contributed by atoms with Crippen molar-refractivity contribution in [2.24, 2.45) is 0 Å². The number of para-hydroxylation sites is 1. The van der Waals surface area contributed by atoms with E-state index in [-0.39, 0.29) is 23.6 Å². The summed E-state index contributed by atoms with van der Waals surface area (Å²) >= 11 is 0. The van der Waals surface area contributed by atoms with E-state index in [2.05, 4.69) is 16.0 Å². The Balaban J connectivity index is 1.63. The van der Waals surface area contributed by atoms with Gasteiger partial charge in [0.25, 0.3) is 5.91 Å². The molecule has 0 aliphatic carbocycles. The Morgan fingerprint density at radius 1 is 1.07 bits per heavy atom. The Bertz CT molecular complexity index is 1020. The van der Waals surface area contributed by atoms with E-state index >= 15 is 0 Å². The van der Waals surface area contributed by atoms with Gasteiger partial charge in [-0.15, -0.1) is 0 Å². The molecule has 1 aliphatic heterocycles. The lowest BCUT2D eigenvalue weighted by Gasteiger charge is -2.23. The lowest BCUT2D eigenvalue weighted by atomic mass is 10.0. The minimum Gasteiger partial charge on any atom is -0.324 e. The Morgan fingerprint density at radius 3 is 2.41 bits per heavy atom. The van der Waals surface area contributed by atoms with Crippen molar-refractivity contribution in [2.75, 3.05) is 28.7 Å². The molecule has 2 aromatic rings. The molecule has 0 saturated carbocycles. The number of nitrogens with one attached hydrogen (secondary N) is 3. The highest BCUT2D eigenvalue weighted by molar-refractivity contribution is 7.91. The Morgan fingerprint density at radius 2 is 1.76 bits per heavy atom. The first-order valence-electron chi connectivity index (χ1n) is 9.07. The lowest BCUT2D eigenvalue weighted by Crippen LogP contribution is -2.46. The van der Waals surface area contributed by atoms with Gasteiger partial charge in [0.05, 0.1) is 29.3 Å². The molecule has 3 rings (SSSR count). The number of amides is 2. The van der Waals surface area contributed by atoms with Crippen LogP contribution >= 0.6 is 0 Å². The minimum absolute atomic E-state index is 0.00998. The predicted octanol–water partition coefficient (Wildman–Crippen LogP) is 2.18. The van der Waals surface area contributed by atoms with Crippen LogP contribution in [0.1, 0.15) is 23.7 Å². The quantitative estimate of drug-likeness (QED) is 0.666. The molecule has 1 aliphatic rings. The fraction of sp³-hybridized carbons (Fsp3) is 0.300. The fourth-order valence-corrected chi connectivity index (χ4v) is 5.28. The fourth-order valence-electron chi connectivity index (χ4n) is 3.16. The molecule has 1 fully saturated rings. The van der Waals surface area contributed by atoms with Gasteiger partial charge in [-0.3, -0.25) is 9.59 Å². The number of hydrogen-bond acceptors (Lipinski definition) is 5. The average molecular weight is 419 g/mol. The monoisotopic (exact) mass is 419 g/mol. The number of carbonyl (C=O) groups excluding carboxylic acids is 2. The summed E-state index contributed by atoms with van der Waals surface area (Å²) < 4.78 is 36.3. The summed E-state index contributed by atoms with van der Waals surface area (Å²) in [5.74, 6) is -1.16. The van der Waals surface area contributed by atoms with E-state index in [0.29, 0.717) is 17.8 Å². The molecule has 1 saturated heterocycles. The highest BCUT2D eigenvalue weighted by atomic mass is 32.2. The lowest BCUT2D eigenvalue weighted by molar-refractivity contribution is -0.115. The third kappa shape index (κ3) is 5.61. The van der Waals surface area contributed by atoms with Crippen LogP contribution in [0, 0.1) is 5.82 Å². The standard InChI is InChI=1S/C20H22FN3O4S/c1-20(10-11-29(27,28)13-20)22-12-18(25)24-17-5-3-2-4-16(17)19(26)23-15-8-6-14(21)7-9-15/h2-9,22H,10-13H2,1H3,(H,23,26)(H,24,25). The summed E-state index contributed by atoms with van der Waals surface area (Å²) in [5.41, 5.74) is 0.354. The summed E-state index contributed by atoms with van der Waals surface area (Å²) in [6.45, 7) is 1.69. The first-order chi connectivity index (χ1) is 13.7. The molecule has 1 unspecified atom stereocenters. The number of carbonyl (C=O) groups is 2. The van der Waals surface area contributed by atoms with E-state index in [4.69, 9.17) is 0 Å². The summed E-state index contributed by atoms with van der Waals surface area (Å²) in [6, 6.07) is 11.9. The number of halogens is 1. The molecular weight excluding hydrogens is 397 g/mol. The Hall–Kier alpha value is -2.78. The van der Waals surface area contributed by atoms with Crippen molar-refractivity contribution in [3.63, 3.8) is 0 Å². The zero-order chi connectivity index (χ0) is 21.1. The second-order valence-corrected chi connectivity index (χ2v) is 9.50. The molecule has 2 aromatic carbocycles. The third-order valence-corrected chi connectivity index (χ3v) is 6.63. The Kier molecular flexibility index (Phi) is 5.99. The van der Waals surface area contributed by atoms with Gasteiger partial charge in [0.2, 0.25) is 5.91 Å². The second-order valence-electron chi connectivity index (χ2n) is 7.31. The number of benzene rings is 2. The molecule has 1 atom stereocenters. The van der Waals surface area contributed by atoms with Crippen molar-refractivity contribution in [1.29, 1.82) is 0 Å². The van der Waals surface area contributed by atoms with Gasteiger partial charge >= 0.3 is 0 Å². The molecule has 1 heterocycles. The zero-order valence-corrected chi connectivity index (χ0v) is 16.7. The summed E-state index contributed by atoms with van der Waals surface area (Å²) in [4.78, 5) is 24.9. The number of rotatable bonds is 6. The van der Waals surface area contributed by atoms with Crippen LogP contribution in [0.5, 0.6) is 0 Å². The number of sulfone groups is 1. The molecule has 29 heavy (non-hydrogen) atoms. The van der Waals surface area contributed by atoms with Gasteiger partial charge in [-0.05, 0) is 49.7 Å². The zero-order valence-electron chi connectivity index (χ0n) is 15.9. The van der Waals surface area contributed by atoms with E-state index < -0.39 is 33.0 Å². The molecule has 2 amide bonds. The van der Waals surface area contributed by atoms with Gasteiger partial charge in [-0.1, -0.05) is 12.1 Å². The van der Waals surface area contributed by atoms with Crippen molar-refractivity contribution in [2.45, 2.75) is 18.9 Å².